The van der Waals surface area contributed by atoms with E-state index in [1.165, 1.54) is 6.42 Å². The normalized spacial score (nSPS) is 24.3. The van der Waals surface area contributed by atoms with Crippen LogP contribution in [0.1, 0.15) is 31.9 Å². The predicted molar refractivity (Wildman–Crippen MR) is 66.0 cm³/mol. The Hall–Kier alpha value is -0.940. The molecule has 1 saturated carbocycles. The number of ether oxygens (including phenoxy) is 1. The number of aliphatic hydroxyl groups is 1. The van der Waals surface area contributed by atoms with Crippen molar-refractivity contribution in [1.29, 1.82) is 0 Å². The largest absolute Gasteiger partial charge is 0.396 e. The third kappa shape index (κ3) is 2.17. The zero-order valence-corrected chi connectivity index (χ0v) is 10.9. The molecule has 1 aliphatic heterocycles. The molecule has 5 heteroatoms. The summed E-state index contributed by atoms with van der Waals surface area (Å²) in [5, 5.41) is 17.9. The molecule has 2 heterocycles. The molecule has 0 unspecified atom stereocenters. The van der Waals surface area contributed by atoms with E-state index < -0.39 is 0 Å². The SMILES string of the molecule is CC1(Cn2cc(CC3(CO)CCC3)nn2)COC1. The summed E-state index contributed by atoms with van der Waals surface area (Å²) in [6, 6.07) is 0. The van der Waals surface area contributed by atoms with Crippen molar-refractivity contribution in [2.75, 3.05) is 19.8 Å². The van der Waals surface area contributed by atoms with Crippen molar-refractivity contribution in [3.8, 4) is 0 Å². The Morgan fingerprint density at radius 2 is 2.22 bits per heavy atom. The smallest absolute Gasteiger partial charge is 0.0833 e. The first kappa shape index (κ1) is 12.1. The van der Waals surface area contributed by atoms with Gasteiger partial charge < -0.3 is 9.84 Å². The summed E-state index contributed by atoms with van der Waals surface area (Å²) in [5.74, 6) is 0. The van der Waals surface area contributed by atoms with E-state index >= 15 is 0 Å². The van der Waals surface area contributed by atoms with E-state index in [2.05, 4.69) is 17.2 Å². The third-order valence-corrected chi connectivity index (χ3v) is 4.34. The second-order valence-corrected chi connectivity index (χ2v) is 6.40. The average Bonchev–Trinajstić information content (AvgIpc) is 2.69. The quantitative estimate of drug-likeness (QED) is 0.848. The fraction of sp³-hybridized carbons (Fsp3) is 0.846. The molecule has 1 saturated heterocycles. The van der Waals surface area contributed by atoms with Crippen LogP contribution in [0.5, 0.6) is 0 Å². The van der Waals surface area contributed by atoms with Crippen molar-refractivity contribution in [3.63, 3.8) is 0 Å². The summed E-state index contributed by atoms with van der Waals surface area (Å²) in [5.41, 5.74) is 1.31. The molecule has 2 aliphatic rings. The zero-order chi connectivity index (χ0) is 12.6. The molecule has 1 N–H and O–H groups in total. The van der Waals surface area contributed by atoms with Gasteiger partial charge in [-0.2, -0.15) is 0 Å². The number of rotatable bonds is 5. The van der Waals surface area contributed by atoms with Crippen LogP contribution in [0.3, 0.4) is 0 Å². The van der Waals surface area contributed by atoms with Crippen LogP contribution in [0.15, 0.2) is 6.20 Å². The molecule has 0 bridgehead atoms. The molecule has 0 radical (unpaired) electrons. The van der Waals surface area contributed by atoms with E-state index in [0.29, 0.717) is 0 Å². The van der Waals surface area contributed by atoms with Crippen LogP contribution >= 0.6 is 0 Å². The minimum atomic E-state index is 0.0876. The van der Waals surface area contributed by atoms with Gasteiger partial charge in [-0.15, -0.1) is 5.10 Å². The summed E-state index contributed by atoms with van der Waals surface area (Å²) < 4.78 is 7.17. The molecule has 5 nitrogen and oxygen atoms in total. The van der Waals surface area contributed by atoms with Gasteiger partial charge in [0.05, 0.1) is 25.5 Å². The van der Waals surface area contributed by atoms with E-state index in [4.69, 9.17) is 4.74 Å². The molecule has 0 amide bonds. The Bertz CT molecular complexity index is 416. The van der Waals surface area contributed by atoms with E-state index in [0.717, 1.165) is 44.7 Å². The minimum Gasteiger partial charge on any atom is -0.396 e. The molecule has 1 aliphatic carbocycles. The van der Waals surface area contributed by atoms with E-state index in [1.54, 1.807) is 0 Å². The lowest BCUT2D eigenvalue weighted by Crippen LogP contribution is -2.43. The van der Waals surface area contributed by atoms with Crippen molar-refractivity contribution in [2.24, 2.45) is 10.8 Å². The molecule has 1 aromatic rings. The highest BCUT2D eigenvalue weighted by Gasteiger charge is 2.38. The number of nitrogens with zero attached hydrogens (tertiary/aromatic N) is 3. The van der Waals surface area contributed by atoms with Gasteiger partial charge in [-0.3, -0.25) is 4.68 Å². The Labute approximate surface area is 107 Å². The van der Waals surface area contributed by atoms with E-state index in [1.807, 2.05) is 10.9 Å². The van der Waals surface area contributed by atoms with Crippen LogP contribution in [0.25, 0.3) is 0 Å². The summed E-state index contributed by atoms with van der Waals surface area (Å²) >= 11 is 0. The lowest BCUT2D eigenvalue weighted by molar-refractivity contribution is -0.111. The summed E-state index contributed by atoms with van der Waals surface area (Å²) in [6.07, 6.45) is 6.34. The van der Waals surface area contributed by atoms with Crippen molar-refractivity contribution in [2.45, 2.75) is 39.2 Å². The van der Waals surface area contributed by atoms with Crippen LogP contribution in [-0.2, 0) is 17.7 Å². The van der Waals surface area contributed by atoms with Gasteiger partial charge in [0, 0.05) is 24.6 Å². The summed E-state index contributed by atoms with van der Waals surface area (Å²) in [7, 11) is 0. The second kappa shape index (κ2) is 4.31. The Morgan fingerprint density at radius 3 is 2.72 bits per heavy atom. The fourth-order valence-electron chi connectivity index (χ4n) is 2.88. The van der Waals surface area contributed by atoms with Crippen LogP contribution < -0.4 is 0 Å². The molecule has 0 atom stereocenters. The Morgan fingerprint density at radius 1 is 1.44 bits per heavy atom. The van der Waals surface area contributed by atoms with Crippen molar-refractivity contribution in [1.82, 2.24) is 15.0 Å². The molecule has 2 fully saturated rings. The number of hydrogen-bond acceptors (Lipinski definition) is 4. The van der Waals surface area contributed by atoms with E-state index in [-0.39, 0.29) is 17.4 Å². The lowest BCUT2D eigenvalue weighted by atomic mass is 9.67. The van der Waals surface area contributed by atoms with Gasteiger partial charge >= 0.3 is 0 Å². The monoisotopic (exact) mass is 251 g/mol. The maximum Gasteiger partial charge on any atom is 0.0833 e. The van der Waals surface area contributed by atoms with Crippen LogP contribution in [0.4, 0.5) is 0 Å². The first-order valence-electron chi connectivity index (χ1n) is 6.71. The molecule has 0 spiro atoms. The Kier molecular flexibility index (Phi) is 2.90. The summed E-state index contributed by atoms with van der Waals surface area (Å²) in [6.45, 7) is 4.96. The van der Waals surface area contributed by atoms with Gasteiger partial charge in [0.25, 0.3) is 0 Å². The highest BCUT2D eigenvalue weighted by Crippen LogP contribution is 2.42. The maximum absolute atomic E-state index is 9.47. The van der Waals surface area contributed by atoms with Crippen molar-refractivity contribution >= 4 is 0 Å². The molecule has 1 aromatic heterocycles. The van der Waals surface area contributed by atoms with Gasteiger partial charge in [0.15, 0.2) is 0 Å². The van der Waals surface area contributed by atoms with Crippen LogP contribution in [0, 0.1) is 10.8 Å². The van der Waals surface area contributed by atoms with Gasteiger partial charge in [-0.1, -0.05) is 18.6 Å². The highest BCUT2D eigenvalue weighted by atomic mass is 16.5. The first-order valence-corrected chi connectivity index (χ1v) is 6.71. The summed E-state index contributed by atoms with van der Waals surface area (Å²) in [4.78, 5) is 0. The predicted octanol–water partition coefficient (Wildman–Crippen LogP) is 1.02. The van der Waals surface area contributed by atoms with Gasteiger partial charge in [0.1, 0.15) is 0 Å². The second-order valence-electron chi connectivity index (χ2n) is 6.40. The molecular weight excluding hydrogens is 230 g/mol. The van der Waals surface area contributed by atoms with Gasteiger partial charge in [0.2, 0.25) is 0 Å². The lowest BCUT2D eigenvalue weighted by Gasteiger charge is -2.39. The zero-order valence-electron chi connectivity index (χ0n) is 10.9. The average molecular weight is 251 g/mol. The minimum absolute atomic E-state index is 0.0876. The topological polar surface area (TPSA) is 60.2 Å². The first-order chi connectivity index (χ1) is 8.63. The molecule has 3 rings (SSSR count). The number of aliphatic hydroxyl groups excluding tert-OH is 1. The molecule has 18 heavy (non-hydrogen) atoms. The highest BCUT2D eigenvalue weighted by molar-refractivity contribution is 5.02. The standard InChI is InChI=1S/C13H21N3O2/c1-12(9-18-10-12)7-16-6-11(14-15-16)5-13(8-17)3-2-4-13/h6,17H,2-5,7-10H2,1H3. The van der Waals surface area contributed by atoms with Crippen LogP contribution in [-0.4, -0.2) is 39.9 Å². The maximum atomic E-state index is 9.47. The third-order valence-electron chi connectivity index (χ3n) is 4.34. The molecule has 100 valence electrons. The van der Waals surface area contributed by atoms with Gasteiger partial charge in [-0.05, 0) is 18.3 Å². The molecular formula is C13H21N3O2. The van der Waals surface area contributed by atoms with E-state index in [9.17, 15) is 5.11 Å². The fourth-order valence-corrected chi connectivity index (χ4v) is 2.88. The number of aromatic nitrogens is 3. The van der Waals surface area contributed by atoms with Crippen LogP contribution in [0.2, 0.25) is 0 Å². The van der Waals surface area contributed by atoms with Crippen molar-refractivity contribution in [3.05, 3.63) is 11.9 Å². The van der Waals surface area contributed by atoms with Crippen molar-refractivity contribution < 1.29 is 9.84 Å². The Balaban J connectivity index is 1.62. The molecule has 0 aromatic carbocycles. The number of hydrogen-bond donors (Lipinski definition) is 1. The van der Waals surface area contributed by atoms with Gasteiger partial charge in [-0.25, -0.2) is 0 Å².